The number of hydrogen-bond donors (Lipinski definition) is 2. The van der Waals surface area contributed by atoms with Gasteiger partial charge < -0.3 is 24.8 Å². The smallest absolute Gasteiger partial charge is 0.190 e. The van der Waals surface area contributed by atoms with Gasteiger partial charge in [-0.15, -0.1) is 0 Å². The number of rotatable bonds is 12. The number of hydrogen-bond acceptors (Lipinski definition) is 4. The third-order valence-electron chi connectivity index (χ3n) is 3.68. The van der Waals surface area contributed by atoms with Gasteiger partial charge in [0.1, 0.15) is 0 Å². The minimum atomic E-state index is 0.598. The molecule has 6 nitrogen and oxygen atoms in total. The van der Waals surface area contributed by atoms with Crippen LogP contribution in [0.25, 0.3) is 0 Å². The molecule has 130 valence electrons. The van der Waals surface area contributed by atoms with Crippen LogP contribution in [-0.2, 0) is 14.2 Å². The third-order valence-corrected chi connectivity index (χ3v) is 3.68. The van der Waals surface area contributed by atoms with E-state index in [1.54, 1.807) is 14.2 Å². The van der Waals surface area contributed by atoms with Gasteiger partial charge in [-0.05, 0) is 32.1 Å². The molecule has 1 unspecified atom stereocenters. The van der Waals surface area contributed by atoms with Crippen molar-refractivity contribution in [3.05, 3.63) is 0 Å². The molecule has 0 aromatic heterocycles. The number of ether oxygens (including phenoxy) is 3. The van der Waals surface area contributed by atoms with Gasteiger partial charge in [0, 0.05) is 53.0 Å². The molecule has 0 aromatic carbocycles. The molecule has 1 rings (SSSR count). The SMILES string of the molecule is CN=C(NCCCCCOC)NCCCOCC1CCOC1. The van der Waals surface area contributed by atoms with Gasteiger partial charge in [0.25, 0.3) is 0 Å². The second kappa shape index (κ2) is 13.8. The Morgan fingerprint density at radius 1 is 1.14 bits per heavy atom. The Bertz CT molecular complexity index is 282. The fourth-order valence-electron chi connectivity index (χ4n) is 2.32. The van der Waals surface area contributed by atoms with Crippen molar-refractivity contribution in [2.45, 2.75) is 32.1 Å². The lowest BCUT2D eigenvalue weighted by Gasteiger charge is -2.12. The highest BCUT2D eigenvalue weighted by molar-refractivity contribution is 5.79. The summed E-state index contributed by atoms with van der Waals surface area (Å²) in [5.41, 5.74) is 0. The minimum Gasteiger partial charge on any atom is -0.385 e. The van der Waals surface area contributed by atoms with Gasteiger partial charge in [-0.1, -0.05) is 0 Å². The molecule has 6 heteroatoms. The summed E-state index contributed by atoms with van der Waals surface area (Å²) in [5, 5.41) is 6.63. The molecular weight excluding hydrogens is 282 g/mol. The second-order valence-electron chi connectivity index (χ2n) is 5.64. The Morgan fingerprint density at radius 3 is 2.64 bits per heavy atom. The number of unbranched alkanes of at least 4 members (excludes halogenated alkanes) is 2. The second-order valence-corrected chi connectivity index (χ2v) is 5.64. The van der Waals surface area contributed by atoms with E-state index >= 15 is 0 Å². The molecule has 1 fully saturated rings. The van der Waals surface area contributed by atoms with Crippen LogP contribution in [0, 0.1) is 5.92 Å². The first-order valence-electron chi connectivity index (χ1n) is 8.45. The first-order valence-corrected chi connectivity index (χ1v) is 8.45. The van der Waals surface area contributed by atoms with Gasteiger partial charge in [-0.2, -0.15) is 0 Å². The molecule has 0 saturated carbocycles. The predicted octanol–water partition coefficient (Wildman–Crippen LogP) is 1.41. The van der Waals surface area contributed by atoms with Gasteiger partial charge >= 0.3 is 0 Å². The van der Waals surface area contributed by atoms with Crippen LogP contribution < -0.4 is 10.6 Å². The van der Waals surface area contributed by atoms with Crippen molar-refractivity contribution in [2.24, 2.45) is 10.9 Å². The highest BCUT2D eigenvalue weighted by Crippen LogP contribution is 2.12. The minimum absolute atomic E-state index is 0.598. The van der Waals surface area contributed by atoms with Crippen LogP contribution in [0.3, 0.4) is 0 Å². The van der Waals surface area contributed by atoms with Crippen molar-refractivity contribution >= 4 is 5.96 Å². The molecule has 1 aliphatic rings. The maximum atomic E-state index is 5.68. The highest BCUT2D eigenvalue weighted by atomic mass is 16.5. The van der Waals surface area contributed by atoms with Crippen LogP contribution in [0.1, 0.15) is 32.1 Å². The van der Waals surface area contributed by atoms with Crippen molar-refractivity contribution in [1.82, 2.24) is 10.6 Å². The van der Waals surface area contributed by atoms with Gasteiger partial charge in [0.05, 0.1) is 13.2 Å². The van der Waals surface area contributed by atoms with E-state index in [1.807, 2.05) is 0 Å². The van der Waals surface area contributed by atoms with Crippen LogP contribution in [0.15, 0.2) is 4.99 Å². The van der Waals surface area contributed by atoms with Gasteiger partial charge in [-0.3, -0.25) is 4.99 Å². The van der Waals surface area contributed by atoms with Crippen molar-refractivity contribution < 1.29 is 14.2 Å². The molecule has 0 aromatic rings. The molecule has 1 saturated heterocycles. The number of guanidine groups is 1. The fraction of sp³-hybridized carbons (Fsp3) is 0.938. The van der Waals surface area contributed by atoms with E-state index in [4.69, 9.17) is 14.2 Å². The molecule has 1 atom stereocenters. The zero-order chi connectivity index (χ0) is 15.9. The van der Waals surface area contributed by atoms with Crippen LogP contribution >= 0.6 is 0 Å². The van der Waals surface area contributed by atoms with E-state index in [2.05, 4.69) is 15.6 Å². The summed E-state index contributed by atoms with van der Waals surface area (Å²) in [5.74, 6) is 1.47. The van der Waals surface area contributed by atoms with Crippen molar-refractivity contribution in [3.63, 3.8) is 0 Å². The normalized spacial score (nSPS) is 18.6. The molecule has 0 spiro atoms. The molecule has 1 heterocycles. The Kier molecular flexibility index (Phi) is 12.0. The van der Waals surface area contributed by atoms with E-state index < -0.39 is 0 Å². The first kappa shape index (κ1) is 19.2. The number of nitrogens with zero attached hydrogens (tertiary/aromatic N) is 1. The number of methoxy groups -OCH3 is 1. The van der Waals surface area contributed by atoms with E-state index in [0.29, 0.717) is 5.92 Å². The lowest BCUT2D eigenvalue weighted by atomic mass is 10.1. The Morgan fingerprint density at radius 2 is 1.95 bits per heavy atom. The molecule has 0 aliphatic carbocycles. The van der Waals surface area contributed by atoms with E-state index in [9.17, 15) is 0 Å². The number of aliphatic imine (C=N–C) groups is 1. The molecular formula is C16H33N3O3. The fourth-order valence-corrected chi connectivity index (χ4v) is 2.32. The van der Waals surface area contributed by atoms with E-state index in [1.165, 1.54) is 6.42 Å². The lowest BCUT2D eigenvalue weighted by molar-refractivity contribution is 0.0888. The van der Waals surface area contributed by atoms with Crippen molar-refractivity contribution in [1.29, 1.82) is 0 Å². The largest absolute Gasteiger partial charge is 0.385 e. The summed E-state index contributed by atoms with van der Waals surface area (Å²) >= 11 is 0. The number of nitrogens with one attached hydrogen (secondary N) is 2. The summed E-state index contributed by atoms with van der Waals surface area (Å²) in [4.78, 5) is 4.22. The topological polar surface area (TPSA) is 64.1 Å². The quantitative estimate of drug-likeness (QED) is 0.324. The third kappa shape index (κ3) is 9.97. The van der Waals surface area contributed by atoms with E-state index in [0.717, 1.165) is 77.8 Å². The summed E-state index contributed by atoms with van der Waals surface area (Å²) in [6, 6.07) is 0. The standard InChI is InChI=1S/C16H33N3O3/c1-17-16(18-8-4-3-5-10-20-2)19-9-6-11-21-13-15-7-12-22-14-15/h15H,3-14H2,1-2H3,(H2,17,18,19). The molecule has 0 bridgehead atoms. The average molecular weight is 315 g/mol. The molecule has 1 aliphatic heterocycles. The van der Waals surface area contributed by atoms with Crippen LogP contribution in [-0.4, -0.2) is 66.2 Å². The van der Waals surface area contributed by atoms with Crippen molar-refractivity contribution in [3.8, 4) is 0 Å². The monoisotopic (exact) mass is 315 g/mol. The molecule has 0 radical (unpaired) electrons. The summed E-state index contributed by atoms with van der Waals surface area (Å²) in [6.07, 6.45) is 5.56. The first-order chi connectivity index (χ1) is 10.9. The van der Waals surface area contributed by atoms with E-state index in [-0.39, 0.29) is 0 Å². The predicted molar refractivity (Wildman–Crippen MR) is 89.5 cm³/mol. The molecule has 22 heavy (non-hydrogen) atoms. The molecule has 0 amide bonds. The summed E-state index contributed by atoms with van der Waals surface area (Å²) in [6.45, 7) is 6.04. The zero-order valence-electron chi connectivity index (χ0n) is 14.2. The maximum absolute atomic E-state index is 5.68. The maximum Gasteiger partial charge on any atom is 0.190 e. The Hall–Kier alpha value is -0.850. The molecule has 2 N–H and O–H groups in total. The summed E-state index contributed by atoms with van der Waals surface area (Å²) in [7, 11) is 3.55. The average Bonchev–Trinajstić information content (AvgIpc) is 3.05. The van der Waals surface area contributed by atoms with Crippen molar-refractivity contribution in [2.75, 3.05) is 60.3 Å². The van der Waals surface area contributed by atoms with Crippen LogP contribution in [0.4, 0.5) is 0 Å². The summed E-state index contributed by atoms with van der Waals surface area (Å²) < 4.78 is 16.0. The van der Waals surface area contributed by atoms with Crippen LogP contribution in [0.5, 0.6) is 0 Å². The Labute approximate surface area is 135 Å². The lowest BCUT2D eigenvalue weighted by Crippen LogP contribution is -2.38. The highest BCUT2D eigenvalue weighted by Gasteiger charge is 2.15. The Balaban J connectivity index is 1.88. The zero-order valence-corrected chi connectivity index (χ0v) is 14.2. The van der Waals surface area contributed by atoms with Gasteiger partial charge in [0.15, 0.2) is 5.96 Å². The van der Waals surface area contributed by atoms with Crippen LogP contribution in [0.2, 0.25) is 0 Å². The van der Waals surface area contributed by atoms with Gasteiger partial charge in [0.2, 0.25) is 0 Å². The van der Waals surface area contributed by atoms with Gasteiger partial charge in [-0.25, -0.2) is 0 Å².